The molecule has 1 saturated heterocycles. The van der Waals surface area contributed by atoms with Crippen LogP contribution in [0.15, 0.2) is 29.3 Å². The number of benzene rings is 1. The van der Waals surface area contributed by atoms with E-state index in [1.54, 1.807) is 0 Å². The number of hydrogen-bond donors (Lipinski definition) is 2. The molecule has 1 atom stereocenters. The average Bonchev–Trinajstić information content (AvgIpc) is 2.46. The molecule has 0 aliphatic carbocycles. The molecule has 0 amide bonds. The number of nitrogens with one attached hydrogen (secondary N) is 2. The molecule has 1 aromatic carbocycles. The minimum atomic E-state index is 0.250. The van der Waals surface area contributed by atoms with E-state index < -0.39 is 0 Å². The summed E-state index contributed by atoms with van der Waals surface area (Å²) >= 11 is 0. The Balaban J connectivity index is 1.78. The van der Waals surface area contributed by atoms with Crippen molar-refractivity contribution in [2.75, 3.05) is 33.4 Å². The van der Waals surface area contributed by atoms with Crippen LogP contribution in [-0.4, -0.2) is 39.3 Å². The summed E-state index contributed by atoms with van der Waals surface area (Å²) < 4.78 is 5.27. The normalized spacial score (nSPS) is 18.8. The molecule has 0 saturated carbocycles. The third kappa shape index (κ3) is 4.46. The number of nitrogens with zero attached hydrogens (tertiary/aromatic N) is 1. The molecular formula is C17H27N3O. The van der Waals surface area contributed by atoms with Gasteiger partial charge in [0.1, 0.15) is 0 Å². The van der Waals surface area contributed by atoms with Gasteiger partial charge in [-0.1, -0.05) is 43.7 Å². The summed E-state index contributed by atoms with van der Waals surface area (Å²) in [7, 11) is 1.81. The third-order valence-corrected chi connectivity index (χ3v) is 4.03. The van der Waals surface area contributed by atoms with E-state index in [0.29, 0.717) is 5.92 Å². The Hall–Kier alpha value is -1.55. The quantitative estimate of drug-likeness (QED) is 0.646. The average molecular weight is 289 g/mol. The van der Waals surface area contributed by atoms with E-state index in [1.165, 1.54) is 11.1 Å². The van der Waals surface area contributed by atoms with Crippen molar-refractivity contribution in [1.82, 2.24) is 10.6 Å². The number of hydrogen-bond acceptors (Lipinski definition) is 2. The predicted octanol–water partition coefficient (Wildman–Crippen LogP) is 2.30. The van der Waals surface area contributed by atoms with Gasteiger partial charge in [0.25, 0.3) is 0 Å². The van der Waals surface area contributed by atoms with E-state index in [9.17, 15) is 0 Å². The highest BCUT2D eigenvalue weighted by molar-refractivity contribution is 5.79. The standard InChI is InChI=1S/C17H27N3O/c1-13-5-7-15(8-6-13)14(2)9-19-16(18-4)20-10-17(3)11-21-12-17/h5-8,14H,9-12H2,1-4H3,(H2,18,19,20). The molecule has 2 N–H and O–H groups in total. The van der Waals surface area contributed by atoms with Crippen LogP contribution in [-0.2, 0) is 4.74 Å². The van der Waals surface area contributed by atoms with Gasteiger partial charge in [0, 0.05) is 25.6 Å². The van der Waals surface area contributed by atoms with Crippen LogP contribution in [0, 0.1) is 12.3 Å². The molecule has 1 fully saturated rings. The topological polar surface area (TPSA) is 45.7 Å². The van der Waals surface area contributed by atoms with Gasteiger partial charge in [-0.25, -0.2) is 0 Å². The van der Waals surface area contributed by atoms with Gasteiger partial charge in [-0.3, -0.25) is 4.99 Å². The summed E-state index contributed by atoms with van der Waals surface area (Å²) in [6.07, 6.45) is 0. The van der Waals surface area contributed by atoms with Crippen LogP contribution < -0.4 is 10.6 Å². The molecule has 0 aromatic heterocycles. The molecule has 116 valence electrons. The molecule has 1 heterocycles. The van der Waals surface area contributed by atoms with Gasteiger partial charge >= 0.3 is 0 Å². The van der Waals surface area contributed by atoms with Crippen molar-refractivity contribution in [2.45, 2.75) is 26.7 Å². The van der Waals surface area contributed by atoms with Crippen LogP contribution in [0.4, 0.5) is 0 Å². The number of rotatable bonds is 5. The third-order valence-electron chi connectivity index (χ3n) is 4.03. The first-order chi connectivity index (χ1) is 10.0. The van der Waals surface area contributed by atoms with E-state index in [2.05, 4.69) is 60.7 Å². The molecule has 2 rings (SSSR count). The Morgan fingerprint density at radius 1 is 1.29 bits per heavy atom. The largest absolute Gasteiger partial charge is 0.380 e. The van der Waals surface area contributed by atoms with Gasteiger partial charge in [0.05, 0.1) is 13.2 Å². The van der Waals surface area contributed by atoms with Crippen molar-refractivity contribution in [3.05, 3.63) is 35.4 Å². The Bertz CT molecular complexity index is 477. The monoisotopic (exact) mass is 289 g/mol. The highest BCUT2D eigenvalue weighted by atomic mass is 16.5. The summed E-state index contributed by atoms with van der Waals surface area (Å²) in [6, 6.07) is 8.72. The van der Waals surface area contributed by atoms with Crippen LogP contribution in [0.5, 0.6) is 0 Å². The molecule has 0 bridgehead atoms. The smallest absolute Gasteiger partial charge is 0.191 e. The highest BCUT2D eigenvalue weighted by Gasteiger charge is 2.33. The first-order valence-electron chi connectivity index (χ1n) is 7.61. The van der Waals surface area contributed by atoms with Crippen LogP contribution in [0.2, 0.25) is 0 Å². The van der Waals surface area contributed by atoms with Gasteiger partial charge in [-0.15, -0.1) is 0 Å². The summed E-state index contributed by atoms with van der Waals surface area (Å²) in [5, 5.41) is 6.79. The van der Waals surface area contributed by atoms with Gasteiger partial charge < -0.3 is 15.4 Å². The fraction of sp³-hybridized carbons (Fsp3) is 0.588. The number of guanidine groups is 1. The molecule has 21 heavy (non-hydrogen) atoms. The number of aliphatic imine (C=N–C) groups is 1. The molecule has 4 heteroatoms. The van der Waals surface area contributed by atoms with Crippen molar-refractivity contribution in [1.29, 1.82) is 0 Å². The van der Waals surface area contributed by atoms with Crippen molar-refractivity contribution in [2.24, 2.45) is 10.4 Å². The van der Waals surface area contributed by atoms with Crippen LogP contribution in [0.3, 0.4) is 0 Å². The SMILES string of the molecule is CN=C(NCC(C)c1ccc(C)cc1)NCC1(C)COC1. The molecular weight excluding hydrogens is 262 g/mol. The maximum Gasteiger partial charge on any atom is 0.191 e. The second kappa shape index (κ2) is 6.94. The van der Waals surface area contributed by atoms with Gasteiger partial charge in [0.15, 0.2) is 5.96 Å². The summed E-state index contributed by atoms with van der Waals surface area (Å²) in [6.45, 7) is 10.00. The van der Waals surface area contributed by atoms with Crippen molar-refractivity contribution < 1.29 is 4.74 Å². The Morgan fingerprint density at radius 3 is 2.48 bits per heavy atom. The van der Waals surface area contributed by atoms with Gasteiger partial charge in [0.2, 0.25) is 0 Å². The molecule has 1 aliphatic heterocycles. The van der Waals surface area contributed by atoms with Gasteiger partial charge in [-0.05, 0) is 18.4 Å². The summed E-state index contributed by atoms with van der Waals surface area (Å²) in [4.78, 5) is 4.28. The zero-order valence-electron chi connectivity index (χ0n) is 13.6. The number of aryl methyl sites for hydroxylation is 1. The van der Waals surface area contributed by atoms with Crippen molar-refractivity contribution in [3.63, 3.8) is 0 Å². The van der Waals surface area contributed by atoms with Gasteiger partial charge in [-0.2, -0.15) is 0 Å². The Labute approximate surface area is 128 Å². The van der Waals surface area contributed by atoms with E-state index in [0.717, 1.165) is 32.3 Å². The maximum atomic E-state index is 5.27. The minimum Gasteiger partial charge on any atom is -0.380 e. The first-order valence-corrected chi connectivity index (χ1v) is 7.61. The maximum absolute atomic E-state index is 5.27. The van der Waals surface area contributed by atoms with Crippen LogP contribution in [0.25, 0.3) is 0 Å². The summed E-state index contributed by atoms with van der Waals surface area (Å²) in [5.41, 5.74) is 2.90. The Kier molecular flexibility index (Phi) is 5.23. The van der Waals surface area contributed by atoms with Crippen molar-refractivity contribution >= 4 is 5.96 Å². The predicted molar refractivity (Wildman–Crippen MR) is 87.9 cm³/mol. The number of ether oxygens (including phenoxy) is 1. The first kappa shape index (κ1) is 15.8. The molecule has 1 aliphatic rings. The zero-order valence-corrected chi connectivity index (χ0v) is 13.6. The lowest BCUT2D eigenvalue weighted by Gasteiger charge is -2.38. The molecule has 1 aromatic rings. The Morgan fingerprint density at radius 2 is 1.95 bits per heavy atom. The fourth-order valence-corrected chi connectivity index (χ4v) is 2.33. The van der Waals surface area contributed by atoms with E-state index >= 15 is 0 Å². The lowest BCUT2D eigenvalue weighted by molar-refractivity contribution is -0.0971. The van der Waals surface area contributed by atoms with Crippen LogP contribution >= 0.6 is 0 Å². The lowest BCUT2D eigenvalue weighted by Crippen LogP contribution is -2.51. The highest BCUT2D eigenvalue weighted by Crippen LogP contribution is 2.24. The minimum absolute atomic E-state index is 0.250. The molecule has 0 radical (unpaired) electrons. The molecule has 1 unspecified atom stereocenters. The van der Waals surface area contributed by atoms with E-state index in [1.807, 2.05) is 7.05 Å². The lowest BCUT2D eigenvalue weighted by atomic mass is 9.89. The molecule has 4 nitrogen and oxygen atoms in total. The van der Waals surface area contributed by atoms with E-state index in [-0.39, 0.29) is 5.41 Å². The van der Waals surface area contributed by atoms with E-state index in [4.69, 9.17) is 4.74 Å². The zero-order chi connectivity index (χ0) is 15.3. The van der Waals surface area contributed by atoms with Crippen molar-refractivity contribution in [3.8, 4) is 0 Å². The second-order valence-electron chi connectivity index (χ2n) is 6.42. The van der Waals surface area contributed by atoms with Crippen LogP contribution in [0.1, 0.15) is 30.9 Å². The fourth-order valence-electron chi connectivity index (χ4n) is 2.33. The molecule has 0 spiro atoms. The second-order valence-corrected chi connectivity index (χ2v) is 6.42. The summed E-state index contributed by atoms with van der Waals surface area (Å²) in [5.74, 6) is 1.31.